The first kappa shape index (κ1) is 13.3. The molecular weight excluding hydrogens is 243 g/mol. The lowest BCUT2D eigenvalue weighted by Crippen LogP contribution is -2.12. The van der Waals surface area contributed by atoms with Crippen LogP contribution in [0.5, 0.6) is 5.75 Å². The molecule has 0 N–H and O–H groups in total. The van der Waals surface area contributed by atoms with Crippen LogP contribution in [-0.2, 0) is 0 Å². The van der Waals surface area contributed by atoms with Crippen molar-refractivity contribution in [3.63, 3.8) is 0 Å². The third kappa shape index (κ3) is 3.41. The van der Waals surface area contributed by atoms with Crippen molar-refractivity contribution in [1.82, 2.24) is 0 Å². The Morgan fingerprint density at radius 3 is 2.58 bits per heavy atom. The Morgan fingerprint density at radius 1 is 1.11 bits per heavy atom. The van der Waals surface area contributed by atoms with Crippen molar-refractivity contribution in [2.24, 2.45) is 0 Å². The molecule has 0 fully saturated rings. The number of carbonyl (C=O) groups excluding carboxylic acids is 1. The van der Waals surface area contributed by atoms with Crippen molar-refractivity contribution < 1.29 is 13.9 Å². The van der Waals surface area contributed by atoms with Gasteiger partial charge in [0.25, 0.3) is 0 Å². The Kier molecular flexibility index (Phi) is 3.95. The summed E-state index contributed by atoms with van der Waals surface area (Å²) in [6.07, 6.45) is 0. The third-order valence-electron chi connectivity index (χ3n) is 2.99. The highest BCUT2D eigenvalue weighted by Gasteiger charge is 2.08. The van der Waals surface area contributed by atoms with Gasteiger partial charge in [-0.05, 0) is 43.2 Å². The maximum Gasteiger partial charge on any atom is 0.200 e. The van der Waals surface area contributed by atoms with Crippen LogP contribution in [0.3, 0.4) is 0 Å². The van der Waals surface area contributed by atoms with E-state index >= 15 is 0 Å². The number of carbonyl (C=O) groups is 1. The lowest BCUT2D eigenvalue weighted by Gasteiger charge is -2.07. The summed E-state index contributed by atoms with van der Waals surface area (Å²) >= 11 is 0. The second-order valence-electron chi connectivity index (χ2n) is 4.47. The number of halogens is 1. The zero-order valence-corrected chi connectivity index (χ0v) is 10.9. The monoisotopic (exact) mass is 258 g/mol. The van der Waals surface area contributed by atoms with Crippen LogP contribution < -0.4 is 4.74 Å². The summed E-state index contributed by atoms with van der Waals surface area (Å²) < 4.78 is 18.2. The van der Waals surface area contributed by atoms with E-state index in [1.165, 1.54) is 12.1 Å². The molecule has 98 valence electrons. The van der Waals surface area contributed by atoms with E-state index in [-0.39, 0.29) is 18.2 Å². The molecule has 2 aromatic carbocycles. The molecule has 0 aliphatic rings. The first-order valence-electron chi connectivity index (χ1n) is 6.05. The van der Waals surface area contributed by atoms with Crippen LogP contribution in [0.4, 0.5) is 4.39 Å². The molecule has 0 heterocycles. The van der Waals surface area contributed by atoms with Gasteiger partial charge in [0, 0.05) is 11.6 Å². The molecule has 0 saturated carbocycles. The van der Waals surface area contributed by atoms with Crippen LogP contribution in [-0.4, -0.2) is 12.4 Å². The van der Waals surface area contributed by atoms with Crippen LogP contribution in [0, 0.1) is 19.7 Å². The number of hydrogen-bond donors (Lipinski definition) is 0. The first-order valence-corrected chi connectivity index (χ1v) is 6.05. The van der Waals surface area contributed by atoms with Crippen molar-refractivity contribution in [2.45, 2.75) is 13.8 Å². The largest absolute Gasteiger partial charge is 0.485 e. The molecule has 0 unspecified atom stereocenters. The summed E-state index contributed by atoms with van der Waals surface area (Å²) in [6.45, 7) is 3.86. The summed E-state index contributed by atoms with van der Waals surface area (Å²) in [6, 6.07) is 11.3. The van der Waals surface area contributed by atoms with E-state index in [0.717, 1.165) is 11.1 Å². The molecule has 0 atom stereocenters. The summed E-state index contributed by atoms with van der Waals surface area (Å²) in [5.41, 5.74) is 2.82. The van der Waals surface area contributed by atoms with Crippen LogP contribution in [0.2, 0.25) is 0 Å². The Bertz CT molecular complexity index is 605. The SMILES string of the molecule is Cc1ccc(C(=O)COc2cccc(F)c2)cc1C. The predicted molar refractivity (Wildman–Crippen MR) is 72.1 cm³/mol. The minimum Gasteiger partial charge on any atom is -0.485 e. The minimum absolute atomic E-state index is 0.0913. The number of aryl methyl sites for hydroxylation is 2. The molecule has 0 spiro atoms. The highest BCUT2D eigenvalue weighted by molar-refractivity contribution is 5.97. The molecule has 2 nitrogen and oxygen atoms in total. The zero-order valence-electron chi connectivity index (χ0n) is 10.9. The van der Waals surface area contributed by atoms with Crippen molar-refractivity contribution in [3.8, 4) is 5.75 Å². The molecule has 0 bridgehead atoms. The summed E-state index contributed by atoms with van der Waals surface area (Å²) in [5, 5.41) is 0. The van der Waals surface area contributed by atoms with Gasteiger partial charge in [-0.2, -0.15) is 0 Å². The minimum atomic E-state index is -0.379. The quantitative estimate of drug-likeness (QED) is 0.781. The third-order valence-corrected chi connectivity index (χ3v) is 2.99. The van der Waals surface area contributed by atoms with Gasteiger partial charge in [0.1, 0.15) is 11.6 Å². The van der Waals surface area contributed by atoms with Crippen molar-refractivity contribution in [2.75, 3.05) is 6.61 Å². The fourth-order valence-electron chi connectivity index (χ4n) is 1.70. The van der Waals surface area contributed by atoms with Gasteiger partial charge in [-0.3, -0.25) is 4.79 Å². The molecule has 0 amide bonds. The Balaban J connectivity index is 2.03. The van der Waals surface area contributed by atoms with Gasteiger partial charge < -0.3 is 4.74 Å². The van der Waals surface area contributed by atoms with Gasteiger partial charge in [-0.25, -0.2) is 4.39 Å². The highest BCUT2D eigenvalue weighted by atomic mass is 19.1. The lowest BCUT2D eigenvalue weighted by molar-refractivity contribution is 0.0921. The van der Waals surface area contributed by atoms with E-state index in [9.17, 15) is 9.18 Å². The van der Waals surface area contributed by atoms with Crippen LogP contribution in [0.25, 0.3) is 0 Å². The Morgan fingerprint density at radius 2 is 1.89 bits per heavy atom. The van der Waals surface area contributed by atoms with Crippen LogP contribution >= 0.6 is 0 Å². The topological polar surface area (TPSA) is 26.3 Å². The number of benzene rings is 2. The van der Waals surface area contributed by atoms with Gasteiger partial charge in [0.05, 0.1) is 0 Å². The Hall–Kier alpha value is -2.16. The number of ether oxygens (including phenoxy) is 1. The molecule has 0 radical (unpaired) electrons. The molecule has 0 saturated heterocycles. The van der Waals surface area contributed by atoms with Crippen LogP contribution in [0.15, 0.2) is 42.5 Å². The second-order valence-corrected chi connectivity index (χ2v) is 4.47. The number of rotatable bonds is 4. The molecule has 19 heavy (non-hydrogen) atoms. The number of ketones is 1. The molecule has 0 aliphatic carbocycles. The average molecular weight is 258 g/mol. The maximum absolute atomic E-state index is 12.9. The van der Waals surface area contributed by atoms with E-state index < -0.39 is 0 Å². The van der Waals surface area contributed by atoms with E-state index in [1.54, 1.807) is 18.2 Å². The maximum atomic E-state index is 12.9. The molecule has 0 aliphatic heterocycles. The van der Waals surface area contributed by atoms with Gasteiger partial charge in [0.15, 0.2) is 12.4 Å². The fraction of sp³-hybridized carbons (Fsp3) is 0.188. The Labute approximate surface area is 111 Å². The van der Waals surface area contributed by atoms with E-state index in [0.29, 0.717) is 11.3 Å². The van der Waals surface area contributed by atoms with E-state index in [4.69, 9.17) is 4.74 Å². The summed E-state index contributed by atoms with van der Waals surface area (Å²) in [4.78, 5) is 11.9. The average Bonchev–Trinajstić information content (AvgIpc) is 2.39. The predicted octanol–water partition coefficient (Wildman–Crippen LogP) is 3.70. The van der Waals surface area contributed by atoms with Gasteiger partial charge in [-0.15, -0.1) is 0 Å². The molecule has 0 aromatic heterocycles. The number of hydrogen-bond acceptors (Lipinski definition) is 2. The van der Waals surface area contributed by atoms with E-state index in [2.05, 4.69) is 0 Å². The standard InChI is InChI=1S/C16H15FO2/c1-11-6-7-13(8-12(11)2)16(18)10-19-15-5-3-4-14(17)9-15/h3-9H,10H2,1-2H3. The lowest BCUT2D eigenvalue weighted by atomic mass is 10.0. The van der Waals surface area contributed by atoms with Gasteiger partial charge >= 0.3 is 0 Å². The van der Waals surface area contributed by atoms with Crippen molar-refractivity contribution in [1.29, 1.82) is 0 Å². The molecule has 2 rings (SSSR count). The van der Waals surface area contributed by atoms with Crippen molar-refractivity contribution in [3.05, 3.63) is 65.0 Å². The molecular formula is C16H15FO2. The second kappa shape index (κ2) is 5.65. The molecule has 3 heteroatoms. The summed E-state index contributed by atoms with van der Waals surface area (Å²) in [7, 11) is 0. The van der Waals surface area contributed by atoms with Gasteiger partial charge in [-0.1, -0.05) is 18.2 Å². The van der Waals surface area contributed by atoms with Crippen LogP contribution in [0.1, 0.15) is 21.5 Å². The molecule has 2 aromatic rings. The van der Waals surface area contributed by atoms with Crippen molar-refractivity contribution >= 4 is 5.78 Å². The van der Waals surface area contributed by atoms with Gasteiger partial charge in [0.2, 0.25) is 0 Å². The smallest absolute Gasteiger partial charge is 0.200 e. The fourth-order valence-corrected chi connectivity index (χ4v) is 1.70. The first-order chi connectivity index (χ1) is 9.06. The normalized spacial score (nSPS) is 10.3. The zero-order chi connectivity index (χ0) is 13.8. The summed E-state index contributed by atoms with van der Waals surface area (Å²) in [5.74, 6) is -0.138. The highest BCUT2D eigenvalue weighted by Crippen LogP contribution is 2.14. The van der Waals surface area contributed by atoms with E-state index in [1.807, 2.05) is 26.0 Å². The number of Topliss-reactive ketones (excluding diaryl/α,β-unsaturated/α-hetero) is 1.